The minimum Gasteiger partial charge on any atom is -0.465 e. The lowest BCUT2D eigenvalue weighted by Gasteiger charge is -2.26. The summed E-state index contributed by atoms with van der Waals surface area (Å²) in [6.45, 7) is 5.37. The molecule has 0 aromatic carbocycles. The van der Waals surface area contributed by atoms with E-state index < -0.39 is 5.97 Å². The fourth-order valence-corrected chi connectivity index (χ4v) is 1.91. The molecular formula is C14H20N4O2. The zero-order chi connectivity index (χ0) is 15.1. The van der Waals surface area contributed by atoms with Crippen LogP contribution in [0.4, 0.5) is 11.5 Å². The Labute approximate surface area is 119 Å². The lowest BCUT2D eigenvalue weighted by atomic mass is 10.1. The fourth-order valence-electron chi connectivity index (χ4n) is 1.91. The second kappa shape index (κ2) is 7.34. The van der Waals surface area contributed by atoms with E-state index in [-0.39, 0.29) is 5.69 Å². The summed E-state index contributed by atoms with van der Waals surface area (Å²) in [6.07, 6.45) is 1.90. The number of esters is 1. The molecule has 0 spiro atoms. The summed E-state index contributed by atoms with van der Waals surface area (Å²) in [5.41, 5.74) is 6.60. The second-order valence-corrected chi connectivity index (χ2v) is 4.84. The summed E-state index contributed by atoms with van der Waals surface area (Å²) >= 11 is 0. The molecule has 1 aromatic heterocycles. The standard InChI is InChI=1S/C14H20N4O2/c1-10(2)9-18(8-4-6-15)13-12(16)11(5-7-17-13)14(19)20-3/h5,7,10H,4,8-9,16H2,1-3H3. The summed E-state index contributed by atoms with van der Waals surface area (Å²) in [6, 6.07) is 3.64. The smallest absolute Gasteiger partial charge is 0.340 e. The molecule has 6 nitrogen and oxygen atoms in total. The van der Waals surface area contributed by atoms with Crippen LogP contribution in [0.1, 0.15) is 30.6 Å². The van der Waals surface area contributed by atoms with Crippen molar-refractivity contribution in [1.82, 2.24) is 4.98 Å². The predicted octanol–water partition coefficient (Wildman–Crippen LogP) is 1.83. The van der Waals surface area contributed by atoms with Crippen molar-refractivity contribution < 1.29 is 9.53 Å². The number of ether oxygens (including phenoxy) is 1. The van der Waals surface area contributed by atoms with Gasteiger partial charge in [0.1, 0.15) is 0 Å². The molecule has 1 aromatic rings. The van der Waals surface area contributed by atoms with E-state index in [2.05, 4.69) is 24.9 Å². The average molecular weight is 276 g/mol. The molecule has 0 fully saturated rings. The summed E-state index contributed by atoms with van der Waals surface area (Å²) in [5, 5.41) is 8.74. The topological polar surface area (TPSA) is 92.2 Å². The van der Waals surface area contributed by atoms with Crippen LogP contribution in [0.3, 0.4) is 0 Å². The third-order valence-corrected chi connectivity index (χ3v) is 2.75. The van der Waals surface area contributed by atoms with E-state index in [1.54, 1.807) is 0 Å². The lowest BCUT2D eigenvalue weighted by Crippen LogP contribution is -2.30. The summed E-state index contributed by atoms with van der Waals surface area (Å²) in [5.74, 6) is 0.421. The SMILES string of the molecule is COC(=O)c1ccnc(N(CCC#N)CC(C)C)c1N. The normalized spacial score (nSPS) is 10.2. The molecule has 0 radical (unpaired) electrons. The number of aromatic nitrogens is 1. The minimum absolute atomic E-state index is 0.290. The van der Waals surface area contributed by atoms with E-state index in [0.717, 1.165) is 0 Å². The third kappa shape index (κ3) is 3.85. The number of hydrogen-bond donors (Lipinski definition) is 1. The Morgan fingerprint density at radius 3 is 2.85 bits per heavy atom. The minimum atomic E-state index is -0.490. The van der Waals surface area contributed by atoms with Crippen LogP contribution in [0, 0.1) is 17.2 Å². The van der Waals surface area contributed by atoms with Crippen molar-refractivity contribution in [3.05, 3.63) is 17.8 Å². The van der Waals surface area contributed by atoms with Gasteiger partial charge in [0.2, 0.25) is 0 Å². The predicted molar refractivity (Wildman–Crippen MR) is 77.3 cm³/mol. The number of nitriles is 1. The van der Waals surface area contributed by atoms with Gasteiger partial charge in [0.15, 0.2) is 5.82 Å². The van der Waals surface area contributed by atoms with Gasteiger partial charge < -0.3 is 15.4 Å². The highest BCUT2D eigenvalue weighted by Crippen LogP contribution is 2.25. The molecule has 0 bridgehead atoms. The first-order valence-electron chi connectivity index (χ1n) is 6.46. The first-order valence-corrected chi connectivity index (χ1v) is 6.46. The van der Waals surface area contributed by atoms with Gasteiger partial charge >= 0.3 is 5.97 Å². The molecule has 0 saturated heterocycles. The fraction of sp³-hybridized carbons (Fsp3) is 0.500. The highest BCUT2D eigenvalue weighted by atomic mass is 16.5. The van der Waals surface area contributed by atoms with Crippen molar-refractivity contribution in [2.45, 2.75) is 20.3 Å². The molecule has 6 heteroatoms. The van der Waals surface area contributed by atoms with E-state index >= 15 is 0 Å². The Kier molecular flexibility index (Phi) is 5.78. The monoisotopic (exact) mass is 276 g/mol. The molecule has 1 heterocycles. The highest BCUT2D eigenvalue weighted by Gasteiger charge is 2.18. The molecule has 0 unspecified atom stereocenters. The zero-order valence-electron chi connectivity index (χ0n) is 12.1. The van der Waals surface area contributed by atoms with E-state index in [1.807, 2.05) is 4.90 Å². The van der Waals surface area contributed by atoms with Crippen LogP contribution in [0.5, 0.6) is 0 Å². The van der Waals surface area contributed by atoms with Crippen LogP contribution < -0.4 is 10.6 Å². The Hall–Kier alpha value is -2.29. The summed E-state index contributed by atoms with van der Waals surface area (Å²) in [4.78, 5) is 17.8. The second-order valence-electron chi connectivity index (χ2n) is 4.84. The van der Waals surface area contributed by atoms with E-state index in [4.69, 9.17) is 15.7 Å². The number of nitrogen functional groups attached to an aromatic ring is 1. The van der Waals surface area contributed by atoms with Crippen molar-refractivity contribution in [2.24, 2.45) is 5.92 Å². The lowest BCUT2D eigenvalue weighted by molar-refractivity contribution is 0.0602. The average Bonchev–Trinajstić information content (AvgIpc) is 2.42. The molecule has 20 heavy (non-hydrogen) atoms. The van der Waals surface area contributed by atoms with Crippen LogP contribution in [0.2, 0.25) is 0 Å². The van der Waals surface area contributed by atoms with E-state index in [0.29, 0.717) is 36.8 Å². The molecule has 1 rings (SSSR count). The van der Waals surface area contributed by atoms with E-state index in [1.165, 1.54) is 19.4 Å². The molecule has 0 aliphatic rings. The van der Waals surface area contributed by atoms with Gasteiger partial charge in [-0.15, -0.1) is 0 Å². The molecule has 2 N–H and O–H groups in total. The number of hydrogen-bond acceptors (Lipinski definition) is 6. The first-order chi connectivity index (χ1) is 9.51. The van der Waals surface area contributed by atoms with Gasteiger partial charge in [0.05, 0.1) is 30.9 Å². The summed E-state index contributed by atoms with van der Waals surface area (Å²) < 4.78 is 4.70. The molecule has 0 atom stereocenters. The maximum Gasteiger partial charge on any atom is 0.340 e. The number of pyridine rings is 1. The molecule has 0 saturated carbocycles. The van der Waals surface area contributed by atoms with Gasteiger partial charge in [-0.05, 0) is 12.0 Å². The zero-order valence-corrected chi connectivity index (χ0v) is 12.1. The van der Waals surface area contributed by atoms with Crippen LogP contribution in [-0.2, 0) is 4.74 Å². The van der Waals surface area contributed by atoms with Crippen LogP contribution in [0.15, 0.2) is 12.3 Å². The number of nitrogens with two attached hydrogens (primary N) is 1. The maximum absolute atomic E-state index is 11.6. The third-order valence-electron chi connectivity index (χ3n) is 2.75. The van der Waals surface area contributed by atoms with Crippen molar-refractivity contribution in [3.8, 4) is 6.07 Å². The van der Waals surface area contributed by atoms with Gasteiger partial charge in [-0.3, -0.25) is 0 Å². The molecule has 0 aliphatic heterocycles. The molecular weight excluding hydrogens is 256 g/mol. The molecule has 0 amide bonds. The van der Waals surface area contributed by atoms with Crippen molar-refractivity contribution in [3.63, 3.8) is 0 Å². The number of nitrogens with zero attached hydrogens (tertiary/aromatic N) is 3. The Morgan fingerprint density at radius 1 is 1.60 bits per heavy atom. The number of anilines is 2. The van der Waals surface area contributed by atoms with Crippen LogP contribution in [0.25, 0.3) is 0 Å². The number of methoxy groups -OCH3 is 1. The Balaban J connectivity index is 3.13. The van der Waals surface area contributed by atoms with Crippen molar-refractivity contribution in [1.29, 1.82) is 5.26 Å². The van der Waals surface area contributed by atoms with Gasteiger partial charge in [-0.2, -0.15) is 5.26 Å². The highest BCUT2D eigenvalue weighted by molar-refractivity contribution is 5.97. The number of carbonyl (C=O) groups excluding carboxylic acids is 1. The first kappa shape index (κ1) is 15.8. The van der Waals surface area contributed by atoms with Gasteiger partial charge in [-0.1, -0.05) is 13.8 Å². The van der Waals surface area contributed by atoms with Crippen molar-refractivity contribution >= 4 is 17.5 Å². The maximum atomic E-state index is 11.6. The Morgan fingerprint density at radius 2 is 2.30 bits per heavy atom. The number of rotatable bonds is 6. The Bertz CT molecular complexity index is 508. The molecule has 0 aliphatic carbocycles. The van der Waals surface area contributed by atoms with E-state index in [9.17, 15) is 4.79 Å². The van der Waals surface area contributed by atoms with Crippen LogP contribution in [-0.4, -0.2) is 31.2 Å². The largest absolute Gasteiger partial charge is 0.465 e. The number of carbonyl (C=O) groups is 1. The van der Waals surface area contributed by atoms with Gasteiger partial charge in [0, 0.05) is 19.3 Å². The van der Waals surface area contributed by atoms with Gasteiger partial charge in [-0.25, -0.2) is 9.78 Å². The van der Waals surface area contributed by atoms with Gasteiger partial charge in [0.25, 0.3) is 0 Å². The van der Waals surface area contributed by atoms with Crippen LogP contribution >= 0.6 is 0 Å². The van der Waals surface area contributed by atoms with Crippen molar-refractivity contribution in [2.75, 3.05) is 30.8 Å². The quantitative estimate of drug-likeness (QED) is 0.797. The summed E-state index contributed by atoms with van der Waals surface area (Å²) in [7, 11) is 1.31. The molecule has 108 valence electrons.